The second kappa shape index (κ2) is 11.6. The van der Waals surface area contributed by atoms with Gasteiger partial charge in [-0.2, -0.15) is 0 Å². The van der Waals surface area contributed by atoms with Crippen LogP contribution in [-0.2, 0) is 11.3 Å². The summed E-state index contributed by atoms with van der Waals surface area (Å²) in [5.74, 6) is 0.708. The second-order valence-electron chi connectivity index (χ2n) is 7.85. The third kappa shape index (κ3) is 7.16. The Morgan fingerprint density at radius 3 is 2.44 bits per heavy atom. The minimum atomic E-state index is -0.217. The average Bonchev–Trinajstić information content (AvgIpc) is 2.81. The molecule has 0 unspecified atom stereocenters. The van der Waals surface area contributed by atoms with Crippen molar-refractivity contribution in [2.24, 2.45) is 5.92 Å². The van der Waals surface area contributed by atoms with Crippen LogP contribution in [0.5, 0.6) is 5.75 Å². The van der Waals surface area contributed by atoms with E-state index in [0.29, 0.717) is 36.1 Å². The SMILES string of the molecule is CC(C)COc1ccccc1NCC(=O)Nc1cccc(C(=O)NCc2ccccc2)c1. The molecular weight excluding hydrogens is 402 g/mol. The molecule has 0 spiro atoms. The lowest BCUT2D eigenvalue weighted by molar-refractivity contribution is -0.114. The highest BCUT2D eigenvalue weighted by Crippen LogP contribution is 2.24. The van der Waals surface area contributed by atoms with Gasteiger partial charge in [0.15, 0.2) is 0 Å². The lowest BCUT2D eigenvalue weighted by atomic mass is 10.1. The van der Waals surface area contributed by atoms with Crippen molar-refractivity contribution in [3.05, 3.63) is 90.0 Å². The van der Waals surface area contributed by atoms with E-state index in [1.54, 1.807) is 24.3 Å². The number of carbonyl (C=O) groups is 2. The molecule has 3 rings (SSSR count). The molecule has 0 aromatic heterocycles. The predicted molar refractivity (Wildman–Crippen MR) is 128 cm³/mol. The minimum Gasteiger partial charge on any atom is -0.491 e. The molecule has 166 valence electrons. The standard InChI is InChI=1S/C26H29N3O3/c1-19(2)18-32-24-14-7-6-13-23(24)27-17-25(30)29-22-12-8-11-21(15-22)26(31)28-16-20-9-4-3-5-10-20/h3-15,19,27H,16-18H2,1-2H3,(H,28,31)(H,29,30). The van der Waals surface area contributed by atoms with E-state index in [4.69, 9.17) is 4.74 Å². The third-order valence-corrected chi connectivity index (χ3v) is 4.60. The number of rotatable bonds is 10. The summed E-state index contributed by atoms with van der Waals surface area (Å²) >= 11 is 0. The van der Waals surface area contributed by atoms with E-state index in [-0.39, 0.29) is 18.4 Å². The first kappa shape index (κ1) is 22.9. The van der Waals surface area contributed by atoms with Crippen molar-refractivity contribution in [2.75, 3.05) is 23.8 Å². The summed E-state index contributed by atoms with van der Waals surface area (Å²) in [5, 5.41) is 8.84. The van der Waals surface area contributed by atoms with Crippen LogP contribution < -0.4 is 20.7 Å². The monoisotopic (exact) mass is 431 g/mol. The Hall–Kier alpha value is -3.80. The van der Waals surface area contributed by atoms with Crippen molar-refractivity contribution < 1.29 is 14.3 Å². The van der Waals surface area contributed by atoms with Crippen LogP contribution in [0.1, 0.15) is 29.8 Å². The fraction of sp³-hybridized carbons (Fsp3) is 0.231. The Labute approximate surface area is 189 Å². The number of hydrogen-bond acceptors (Lipinski definition) is 4. The molecule has 0 heterocycles. The van der Waals surface area contributed by atoms with Gasteiger partial charge in [-0.25, -0.2) is 0 Å². The van der Waals surface area contributed by atoms with Crippen LogP contribution >= 0.6 is 0 Å². The summed E-state index contributed by atoms with van der Waals surface area (Å²) in [6, 6.07) is 24.1. The van der Waals surface area contributed by atoms with Crippen LogP contribution in [0.4, 0.5) is 11.4 Å². The molecule has 0 aliphatic rings. The molecule has 0 saturated carbocycles. The molecule has 3 aromatic rings. The molecule has 3 N–H and O–H groups in total. The van der Waals surface area contributed by atoms with Crippen molar-refractivity contribution in [3.63, 3.8) is 0 Å². The molecule has 0 fully saturated rings. The minimum absolute atomic E-state index is 0.0759. The number of amides is 2. The van der Waals surface area contributed by atoms with E-state index in [1.807, 2.05) is 54.6 Å². The molecular formula is C26H29N3O3. The molecule has 2 amide bonds. The average molecular weight is 432 g/mol. The van der Waals surface area contributed by atoms with Gasteiger partial charge in [-0.3, -0.25) is 9.59 Å². The van der Waals surface area contributed by atoms with E-state index in [1.165, 1.54) is 0 Å². The van der Waals surface area contributed by atoms with E-state index >= 15 is 0 Å². The highest BCUT2D eigenvalue weighted by atomic mass is 16.5. The molecule has 0 atom stereocenters. The Kier molecular flexibility index (Phi) is 8.26. The molecule has 0 bridgehead atoms. The molecule has 6 heteroatoms. The van der Waals surface area contributed by atoms with Crippen molar-refractivity contribution in [1.29, 1.82) is 0 Å². The van der Waals surface area contributed by atoms with Gasteiger partial charge in [-0.1, -0.05) is 62.4 Å². The number of para-hydroxylation sites is 2. The fourth-order valence-corrected chi connectivity index (χ4v) is 2.99. The largest absolute Gasteiger partial charge is 0.491 e. The maximum absolute atomic E-state index is 12.5. The first-order chi connectivity index (χ1) is 15.5. The number of nitrogens with one attached hydrogen (secondary N) is 3. The molecule has 0 radical (unpaired) electrons. The second-order valence-corrected chi connectivity index (χ2v) is 7.85. The van der Waals surface area contributed by atoms with E-state index in [0.717, 1.165) is 11.3 Å². The smallest absolute Gasteiger partial charge is 0.251 e. The van der Waals surface area contributed by atoms with Gasteiger partial charge >= 0.3 is 0 Å². The van der Waals surface area contributed by atoms with Crippen molar-refractivity contribution in [2.45, 2.75) is 20.4 Å². The van der Waals surface area contributed by atoms with Gasteiger partial charge in [0.05, 0.1) is 18.8 Å². The van der Waals surface area contributed by atoms with Crippen molar-refractivity contribution >= 4 is 23.2 Å². The van der Waals surface area contributed by atoms with Crippen LogP contribution in [0.25, 0.3) is 0 Å². The van der Waals surface area contributed by atoms with E-state index < -0.39 is 0 Å². The summed E-state index contributed by atoms with van der Waals surface area (Å²) in [6.45, 7) is 5.29. The number of carbonyl (C=O) groups excluding carboxylic acids is 2. The summed E-state index contributed by atoms with van der Waals surface area (Å²) in [7, 11) is 0. The normalized spacial score (nSPS) is 10.5. The van der Waals surface area contributed by atoms with Crippen LogP contribution in [0, 0.1) is 5.92 Å². The molecule has 0 aliphatic heterocycles. The van der Waals surface area contributed by atoms with Gasteiger partial charge in [0.25, 0.3) is 5.91 Å². The Morgan fingerprint density at radius 1 is 0.906 bits per heavy atom. The van der Waals surface area contributed by atoms with Gasteiger partial charge in [0.2, 0.25) is 5.91 Å². The van der Waals surface area contributed by atoms with E-state index in [2.05, 4.69) is 29.8 Å². The first-order valence-electron chi connectivity index (χ1n) is 10.7. The van der Waals surface area contributed by atoms with Gasteiger partial charge in [-0.15, -0.1) is 0 Å². The van der Waals surface area contributed by atoms with Crippen molar-refractivity contribution in [1.82, 2.24) is 5.32 Å². The Balaban J connectivity index is 1.53. The lowest BCUT2D eigenvalue weighted by Crippen LogP contribution is -2.24. The number of benzene rings is 3. The molecule has 0 saturated heterocycles. The fourth-order valence-electron chi connectivity index (χ4n) is 2.99. The number of anilines is 2. The van der Waals surface area contributed by atoms with Crippen LogP contribution in [-0.4, -0.2) is 25.0 Å². The zero-order chi connectivity index (χ0) is 22.8. The van der Waals surface area contributed by atoms with Gasteiger partial charge < -0.3 is 20.7 Å². The summed E-state index contributed by atoms with van der Waals surface area (Å²) in [6.07, 6.45) is 0. The highest BCUT2D eigenvalue weighted by Gasteiger charge is 2.10. The molecule has 0 aliphatic carbocycles. The maximum Gasteiger partial charge on any atom is 0.251 e. The quantitative estimate of drug-likeness (QED) is 0.435. The van der Waals surface area contributed by atoms with Gasteiger partial charge in [0.1, 0.15) is 5.75 Å². The lowest BCUT2D eigenvalue weighted by Gasteiger charge is -2.14. The zero-order valence-electron chi connectivity index (χ0n) is 18.4. The topological polar surface area (TPSA) is 79.5 Å². The van der Waals surface area contributed by atoms with Crippen LogP contribution in [0.2, 0.25) is 0 Å². The van der Waals surface area contributed by atoms with Gasteiger partial charge in [-0.05, 0) is 41.8 Å². The molecule has 32 heavy (non-hydrogen) atoms. The highest BCUT2D eigenvalue weighted by molar-refractivity contribution is 5.98. The third-order valence-electron chi connectivity index (χ3n) is 4.60. The summed E-state index contributed by atoms with van der Waals surface area (Å²) in [5.41, 5.74) is 2.83. The Bertz CT molecular complexity index is 1040. The Morgan fingerprint density at radius 2 is 1.66 bits per heavy atom. The molecule has 6 nitrogen and oxygen atoms in total. The predicted octanol–water partition coefficient (Wildman–Crippen LogP) is 4.70. The summed E-state index contributed by atoms with van der Waals surface area (Å²) in [4.78, 5) is 24.9. The van der Waals surface area contributed by atoms with E-state index in [9.17, 15) is 9.59 Å². The van der Waals surface area contributed by atoms with Crippen LogP contribution in [0.15, 0.2) is 78.9 Å². The first-order valence-corrected chi connectivity index (χ1v) is 10.7. The molecule has 3 aromatic carbocycles. The van der Waals surface area contributed by atoms with Crippen molar-refractivity contribution in [3.8, 4) is 5.75 Å². The zero-order valence-corrected chi connectivity index (χ0v) is 18.4. The van der Waals surface area contributed by atoms with Gasteiger partial charge in [0, 0.05) is 17.8 Å². The number of hydrogen-bond donors (Lipinski definition) is 3. The number of ether oxygens (including phenoxy) is 1. The summed E-state index contributed by atoms with van der Waals surface area (Å²) < 4.78 is 5.81. The van der Waals surface area contributed by atoms with Crippen LogP contribution in [0.3, 0.4) is 0 Å². The maximum atomic E-state index is 12.5.